The zero-order chi connectivity index (χ0) is 9.14. The quantitative estimate of drug-likeness (QED) is 0.486. The molecule has 3 nitrogen and oxygen atoms in total. The van der Waals surface area contributed by atoms with Crippen LogP contribution in [0, 0.1) is 11.6 Å². The van der Waals surface area contributed by atoms with Gasteiger partial charge in [-0.3, -0.25) is 0 Å². The largest absolute Gasteiger partial charge is 0.370 e. The Hall–Kier alpha value is -1.65. The van der Waals surface area contributed by atoms with Gasteiger partial charge in [0.25, 0.3) is 0 Å². The number of hydrogen-bond donors (Lipinski definition) is 2. The summed E-state index contributed by atoms with van der Waals surface area (Å²) in [6.07, 6.45) is 0. The van der Waals surface area contributed by atoms with Crippen LogP contribution in [0.2, 0.25) is 0 Å². The van der Waals surface area contributed by atoms with Crippen LogP contribution in [-0.2, 0) is 0 Å². The Morgan fingerprint density at radius 1 is 1.25 bits per heavy atom. The second kappa shape index (κ2) is 3.17. The Kier molecular flexibility index (Phi) is 2.23. The molecule has 0 aromatic heterocycles. The number of halogens is 2. The third kappa shape index (κ3) is 1.91. The Bertz CT molecular complexity index is 318. The lowest BCUT2D eigenvalue weighted by atomic mass is 10.3. The maximum atomic E-state index is 12.8. The molecule has 64 valence electrons. The minimum absolute atomic E-state index is 0.0728. The predicted molar refractivity (Wildman–Crippen MR) is 41.8 cm³/mol. The van der Waals surface area contributed by atoms with Crippen LogP contribution < -0.4 is 11.5 Å². The summed E-state index contributed by atoms with van der Waals surface area (Å²) in [4.78, 5) is 3.43. The van der Waals surface area contributed by atoms with Gasteiger partial charge in [-0.25, -0.2) is 13.8 Å². The summed E-state index contributed by atoms with van der Waals surface area (Å²) in [6.45, 7) is 0. The highest BCUT2D eigenvalue weighted by molar-refractivity contribution is 5.79. The molecule has 0 aliphatic carbocycles. The molecule has 0 aliphatic rings. The van der Waals surface area contributed by atoms with Gasteiger partial charge in [-0.15, -0.1) is 0 Å². The molecule has 0 unspecified atom stereocenters. The summed E-state index contributed by atoms with van der Waals surface area (Å²) in [5, 5.41) is 0. The van der Waals surface area contributed by atoms with Gasteiger partial charge in [0, 0.05) is 6.07 Å². The minimum Gasteiger partial charge on any atom is -0.370 e. The van der Waals surface area contributed by atoms with Gasteiger partial charge in [0.05, 0.1) is 0 Å². The first-order valence-electron chi connectivity index (χ1n) is 3.14. The summed E-state index contributed by atoms with van der Waals surface area (Å²) in [6, 6.07) is 2.94. The molecule has 0 bridgehead atoms. The van der Waals surface area contributed by atoms with Crippen LogP contribution in [0.3, 0.4) is 0 Å². The third-order valence-corrected chi connectivity index (χ3v) is 1.16. The van der Waals surface area contributed by atoms with Gasteiger partial charge in [-0.2, -0.15) is 0 Å². The molecule has 12 heavy (non-hydrogen) atoms. The van der Waals surface area contributed by atoms with Crippen LogP contribution in [0.4, 0.5) is 14.5 Å². The molecule has 4 N–H and O–H groups in total. The number of rotatable bonds is 1. The molecule has 0 saturated carbocycles. The Labute approximate surface area is 67.7 Å². The number of hydrogen-bond acceptors (Lipinski definition) is 1. The zero-order valence-corrected chi connectivity index (χ0v) is 6.09. The van der Waals surface area contributed by atoms with E-state index in [1.165, 1.54) is 0 Å². The summed E-state index contributed by atoms with van der Waals surface area (Å²) >= 11 is 0. The van der Waals surface area contributed by atoms with Gasteiger partial charge >= 0.3 is 0 Å². The maximum absolute atomic E-state index is 12.8. The molecular weight excluding hydrogens is 164 g/mol. The highest BCUT2D eigenvalue weighted by Crippen LogP contribution is 2.17. The zero-order valence-electron chi connectivity index (χ0n) is 6.09. The highest BCUT2D eigenvalue weighted by Gasteiger charge is 2.01. The average Bonchev–Trinajstić information content (AvgIpc) is 1.94. The third-order valence-electron chi connectivity index (χ3n) is 1.16. The molecule has 0 atom stereocenters. The fourth-order valence-corrected chi connectivity index (χ4v) is 0.711. The lowest BCUT2D eigenvalue weighted by Crippen LogP contribution is -2.22. The Balaban J connectivity index is 3.10. The topological polar surface area (TPSA) is 64.4 Å². The molecule has 0 saturated heterocycles. The molecule has 0 heterocycles. The molecule has 5 heteroatoms. The van der Waals surface area contributed by atoms with Crippen molar-refractivity contribution < 1.29 is 8.78 Å². The molecule has 0 fully saturated rings. The smallest absolute Gasteiger partial charge is 0.191 e. The minimum atomic E-state index is -0.789. The van der Waals surface area contributed by atoms with Crippen molar-refractivity contribution in [3.8, 4) is 0 Å². The lowest BCUT2D eigenvalue weighted by Gasteiger charge is -1.96. The second-order valence-corrected chi connectivity index (χ2v) is 2.13. The van der Waals surface area contributed by atoms with E-state index in [1.807, 2.05) is 0 Å². The molecule has 1 aromatic rings. The van der Waals surface area contributed by atoms with Crippen LogP contribution >= 0.6 is 0 Å². The van der Waals surface area contributed by atoms with Gasteiger partial charge in [0.2, 0.25) is 0 Å². The van der Waals surface area contributed by atoms with Crippen LogP contribution in [0.1, 0.15) is 0 Å². The van der Waals surface area contributed by atoms with Crippen molar-refractivity contribution in [2.45, 2.75) is 0 Å². The Morgan fingerprint density at radius 3 is 2.42 bits per heavy atom. The van der Waals surface area contributed by atoms with Crippen LogP contribution in [0.25, 0.3) is 0 Å². The average molecular weight is 171 g/mol. The second-order valence-electron chi connectivity index (χ2n) is 2.13. The molecular formula is C7H7F2N3. The van der Waals surface area contributed by atoms with E-state index in [0.29, 0.717) is 6.07 Å². The van der Waals surface area contributed by atoms with E-state index in [-0.39, 0.29) is 11.6 Å². The van der Waals surface area contributed by atoms with Crippen LogP contribution in [-0.4, -0.2) is 5.96 Å². The van der Waals surface area contributed by atoms with E-state index in [2.05, 4.69) is 4.99 Å². The summed E-state index contributed by atoms with van der Waals surface area (Å²) < 4.78 is 25.1. The molecule has 0 radical (unpaired) electrons. The van der Waals surface area contributed by atoms with Crippen molar-refractivity contribution in [3.63, 3.8) is 0 Å². The summed E-state index contributed by atoms with van der Waals surface area (Å²) in [7, 11) is 0. The van der Waals surface area contributed by atoms with E-state index < -0.39 is 11.6 Å². The van der Waals surface area contributed by atoms with Crippen molar-refractivity contribution in [1.82, 2.24) is 0 Å². The molecule has 1 rings (SSSR count). The highest BCUT2D eigenvalue weighted by atomic mass is 19.1. The molecule has 1 aromatic carbocycles. The van der Waals surface area contributed by atoms with Crippen molar-refractivity contribution in [3.05, 3.63) is 29.8 Å². The van der Waals surface area contributed by atoms with Crippen LogP contribution in [0.15, 0.2) is 23.2 Å². The number of nitrogens with zero attached hydrogens (tertiary/aromatic N) is 1. The number of aliphatic imine (C=N–C) groups is 1. The van der Waals surface area contributed by atoms with Gasteiger partial charge in [0.1, 0.15) is 11.5 Å². The molecule has 0 spiro atoms. The molecule has 0 aliphatic heterocycles. The van der Waals surface area contributed by atoms with Crippen molar-refractivity contribution in [2.24, 2.45) is 16.5 Å². The molecule has 0 amide bonds. The number of nitrogens with two attached hydrogens (primary N) is 2. The monoisotopic (exact) mass is 171 g/mol. The van der Waals surface area contributed by atoms with Gasteiger partial charge in [-0.05, 0) is 12.1 Å². The fourth-order valence-electron chi connectivity index (χ4n) is 0.711. The maximum Gasteiger partial charge on any atom is 0.191 e. The van der Waals surface area contributed by atoms with Gasteiger partial charge < -0.3 is 11.5 Å². The lowest BCUT2D eigenvalue weighted by molar-refractivity contribution is 0.585. The first-order valence-corrected chi connectivity index (χ1v) is 3.14. The number of benzene rings is 1. The van der Waals surface area contributed by atoms with E-state index >= 15 is 0 Å². The SMILES string of the molecule is NC(N)=Nc1ccc(F)cc1F. The predicted octanol–water partition coefficient (Wildman–Crippen LogP) is 0.870. The van der Waals surface area contributed by atoms with E-state index in [4.69, 9.17) is 11.5 Å². The van der Waals surface area contributed by atoms with Crippen molar-refractivity contribution in [2.75, 3.05) is 0 Å². The van der Waals surface area contributed by atoms with Crippen LogP contribution in [0.5, 0.6) is 0 Å². The van der Waals surface area contributed by atoms with E-state index in [9.17, 15) is 8.78 Å². The van der Waals surface area contributed by atoms with E-state index in [0.717, 1.165) is 12.1 Å². The summed E-state index contributed by atoms with van der Waals surface area (Å²) in [5.41, 5.74) is 9.92. The Morgan fingerprint density at radius 2 is 1.92 bits per heavy atom. The number of guanidine groups is 1. The first-order chi connectivity index (χ1) is 5.59. The van der Waals surface area contributed by atoms with Crippen molar-refractivity contribution >= 4 is 11.6 Å². The summed E-state index contributed by atoms with van der Waals surface area (Å²) in [5.74, 6) is -1.72. The standard InChI is InChI=1S/C7H7F2N3/c8-4-1-2-6(5(9)3-4)12-7(10)11/h1-3H,(H4,10,11,12). The normalized spacial score (nSPS) is 9.50. The first kappa shape index (κ1) is 8.45. The van der Waals surface area contributed by atoms with E-state index in [1.54, 1.807) is 0 Å². The van der Waals surface area contributed by atoms with Gasteiger partial charge in [-0.1, -0.05) is 0 Å². The van der Waals surface area contributed by atoms with Gasteiger partial charge in [0.15, 0.2) is 11.8 Å². The van der Waals surface area contributed by atoms with Crippen molar-refractivity contribution in [1.29, 1.82) is 0 Å². The fraction of sp³-hybridized carbons (Fsp3) is 0.